The lowest BCUT2D eigenvalue weighted by molar-refractivity contribution is -0.154. The molecule has 1 atom stereocenters. The second kappa shape index (κ2) is 6.17. The molecule has 0 saturated heterocycles. The molecule has 0 aliphatic carbocycles. The highest BCUT2D eigenvalue weighted by atomic mass is 32.2. The predicted octanol–water partition coefficient (Wildman–Crippen LogP) is 1.74. The summed E-state index contributed by atoms with van der Waals surface area (Å²) in [7, 11) is 1.81. The summed E-state index contributed by atoms with van der Waals surface area (Å²) in [6.45, 7) is 7.62. The topological polar surface area (TPSA) is 69.9 Å². The molecule has 1 aromatic rings. The first kappa shape index (κ1) is 14.9. The van der Waals surface area contributed by atoms with Crippen LogP contribution in [0.1, 0.15) is 45.2 Å². The summed E-state index contributed by atoms with van der Waals surface area (Å²) < 4.78 is 6.88. The highest BCUT2D eigenvalue weighted by molar-refractivity contribution is 7.99. The first-order valence-corrected chi connectivity index (χ1v) is 6.90. The average molecular weight is 272 g/mol. The number of carbonyl (C=O) groups excluding carboxylic acids is 1. The van der Waals surface area contributed by atoms with Crippen LogP contribution in [0.3, 0.4) is 0 Å². The van der Waals surface area contributed by atoms with Gasteiger partial charge in [0.05, 0.1) is 11.7 Å². The number of nitrogens with zero attached hydrogens (tertiary/aromatic N) is 4. The summed E-state index contributed by atoms with van der Waals surface area (Å²) >= 11 is 1.64. The second-order valence-corrected chi connectivity index (χ2v) is 6.46. The first-order valence-electron chi connectivity index (χ1n) is 5.85. The van der Waals surface area contributed by atoms with Gasteiger partial charge in [0.1, 0.15) is 5.60 Å². The Labute approximate surface area is 111 Å². The maximum Gasteiger partial charge on any atom is 0.307 e. The summed E-state index contributed by atoms with van der Waals surface area (Å²) in [6, 6.07) is 0. The fourth-order valence-electron chi connectivity index (χ4n) is 1.37. The zero-order valence-electron chi connectivity index (χ0n) is 11.5. The van der Waals surface area contributed by atoms with Crippen molar-refractivity contribution in [2.75, 3.05) is 5.75 Å². The van der Waals surface area contributed by atoms with Crippen molar-refractivity contribution in [3.05, 3.63) is 5.82 Å². The van der Waals surface area contributed by atoms with Crippen LogP contribution in [0.15, 0.2) is 0 Å². The highest BCUT2D eigenvalue weighted by Gasteiger charge is 2.17. The van der Waals surface area contributed by atoms with E-state index in [1.807, 2.05) is 27.7 Å². The minimum atomic E-state index is -0.416. The van der Waals surface area contributed by atoms with Crippen LogP contribution in [0.2, 0.25) is 0 Å². The number of hydrogen-bond donors (Lipinski definition) is 0. The van der Waals surface area contributed by atoms with E-state index in [-0.39, 0.29) is 11.2 Å². The smallest absolute Gasteiger partial charge is 0.307 e. The first-order chi connectivity index (χ1) is 8.29. The number of carbonyl (C=O) groups is 1. The van der Waals surface area contributed by atoms with Gasteiger partial charge in [-0.1, -0.05) is 0 Å². The van der Waals surface area contributed by atoms with Crippen molar-refractivity contribution in [1.82, 2.24) is 20.2 Å². The van der Waals surface area contributed by atoms with Gasteiger partial charge in [0.15, 0.2) is 5.82 Å². The van der Waals surface area contributed by atoms with Gasteiger partial charge < -0.3 is 4.74 Å². The second-order valence-electron chi connectivity index (χ2n) is 5.01. The van der Waals surface area contributed by atoms with E-state index >= 15 is 0 Å². The molecular formula is C11H20N4O2S. The molecule has 1 rings (SSSR count). The van der Waals surface area contributed by atoms with Gasteiger partial charge in [0.25, 0.3) is 0 Å². The molecule has 0 spiro atoms. The summed E-state index contributed by atoms with van der Waals surface area (Å²) in [5.41, 5.74) is -0.416. The highest BCUT2D eigenvalue weighted by Crippen LogP contribution is 2.26. The lowest BCUT2D eigenvalue weighted by Crippen LogP contribution is -2.24. The lowest BCUT2D eigenvalue weighted by Gasteiger charge is -2.19. The van der Waals surface area contributed by atoms with Crippen molar-refractivity contribution in [2.45, 2.75) is 45.0 Å². The van der Waals surface area contributed by atoms with Gasteiger partial charge in [-0.15, -0.1) is 5.10 Å². The fourth-order valence-corrected chi connectivity index (χ4v) is 2.35. The minimum absolute atomic E-state index is 0.160. The number of hydrogen-bond acceptors (Lipinski definition) is 6. The molecule has 0 bridgehead atoms. The van der Waals surface area contributed by atoms with E-state index in [0.717, 1.165) is 5.82 Å². The molecule has 6 nitrogen and oxygen atoms in total. The Morgan fingerprint density at radius 3 is 2.67 bits per heavy atom. The van der Waals surface area contributed by atoms with Gasteiger partial charge in [-0.05, 0) is 38.1 Å². The van der Waals surface area contributed by atoms with Gasteiger partial charge in [0, 0.05) is 12.8 Å². The van der Waals surface area contributed by atoms with Crippen LogP contribution in [0.4, 0.5) is 0 Å². The van der Waals surface area contributed by atoms with E-state index in [4.69, 9.17) is 4.74 Å². The van der Waals surface area contributed by atoms with Gasteiger partial charge in [-0.25, -0.2) is 4.68 Å². The van der Waals surface area contributed by atoms with Crippen molar-refractivity contribution < 1.29 is 9.53 Å². The van der Waals surface area contributed by atoms with Crippen molar-refractivity contribution in [3.8, 4) is 0 Å². The number of thioether (sulfide) groups is 1. The van der Waals surface area contributed by atoms with Crippen molar-refractivity contribution in [2.24, 2.45) is 7.05 Å². The zero-order valence-corrected chi connectivity index (χ0v) is 12.3. The molecule has 18 heavy (non-hydrogen) atoms. The van der Waals surface area contributed by atoms with Gasteiger partial charge in [-0.2, -0.15) is 11.8 Å². The Balaban J connectivity index is 2.30. The van der Waals surface area contributed by atoms with E-state index in [1.54, 1.807) is 23.5 Å². The predicted molar refractivity (Wildman–Crippen MR) is 70.1 cm³/mol. The van der Waals surface area contributed by atoms with Crippen LogP contribution in [-0.2, 0) is 16.6 Å². The average Bonchev–Trinajstić information content (AvgIpc) is 2.61. The molecule has 0 fully saturated rings. The Hall–Kier alpha value is -1.11. The monoisotopic (exact) mass is 272 g/mol. The normalized spacial score (nSPS) is 13.4. The molecule has 7 heteroatoms. The van der Waals surface area contributed by atoms with Crippen molar-refractivity contribution >= 4 is 17.7 Å². The van der Waals surface area contributed by atoms with Crippen LogP contribution in [-0.4, -0.2) is 37.5 Å². The summed E-state index contributed by atoms with van der Waals surface area (Å²) in [4.78, 5) is 11.5. The fraction of sp³-hybridized carbons (Fsp3) is 0.818. The Morgan fingerprint density at radius 1 is 1.50 bits per heavy atom. The van der Waals surface area contributed by atoms with Crippen LogP contribution < -0.4 is 0 Å². The summed E-state index contributed by atoms with van der Waals surface area (Å²) in [5, 5.41) is 11.5. The van der Waals surface area contributed by atoms with Gasteiger partial charge in [-0.3, -0.25) is 4.79 Å². The molecule has 0 amide bonds. The Morgan fingerprint density at radius 2 is 2.17 bits per heavy atom. The third-order valence-corrected chi connectivity index (χ3v) is 3.26. The molecule has 0 unspecified atom stereocenters. The molecule has 0 radical (unpaired) electrons. The molecule has 0 aromatic carbocycles. The van der Waals surface area contributed by atoms with Crippen molar-refractivity contribution in [1.29, 1.82) is 0 Å². The maximum atomic E-state index is 11.5. The largest absolute Gasteiger partial charge is 0.460 e. The third kappa shape index (κ3) is 5.03. The minimum Gasteiger partial charge on any atom is -0.460 e. The number of rotatable bonds is 5. The van der Waals surface area contributed by atoms with Gasteiger partial charge >= 0.3 is 5.97 Å². The van der Waals surface area contributed by atoms with E-state index < -0.39 is 5.60 Å². The number of ether oxygens (including phenoxy) is 1. The van der Waals surface area contributed by atoms with E-state index in [9.17, 15) is 4.79 Å². The van der Waals surface area contributed by atoms with E-state index in [0.29, 0.717) is 12.2 Å². The quantitative estimate of drug-likeness (QED) is 0.760. The third-order valence-electron chi connectivity index (χ3n) is 2.11. The molecule has 102 valence electrons. The van der Waals surface area contributed by atoms with Crippen LogP contribution in [0.25, 0.3) is 0 Å². The van der Waals surface area contributed by atoms with Gasteiger partial charge in [0.2, 0.25) is 0 Å². The van der Waals surface area contributed by atoms with Crippen LogP contribution in [0.5, 0.6) is 0 Å². The molecule has 0 N–H and O–H groups in total. The van der Waals surface area contributed by atoms with Crippen LogP contribution >= 0.6 is 11.8 Å². The Bertz CT molecular complexity index is 400. The number of aryl methyl sites for hydroxylation is 1. The number of esters is 1. The standard InChI is InChI=1S/C11H20N4O2S/c1-8(10-12-13-14-15(10)5)18-7-6-9(16)17-11(2,3)4/h8H,6-7H2,1-5H3/t8-/m1/s1. The number of tetrazole rings is 1. The molecule has 1 aromatic heterocycles. The summed E-state index contributed by atoms with van der Waals surface area (Å²) in [6.07, 6.45) is 0.400. The molecule has 0 saturated carbocycles. The molecule has 0 aliphatic rings. The molecule has 0 aliphatic heterocycles. The van der Waals surface area contributed by atoms with E-state index in [1.165, 1.54) is 0 Å². The lowest BCUT2D eigenvalue weighted by atomic mass is 10.2. The Kier molecular flexibility index (Phi) is 5.13. The molecular weight excluding hydrogens is 252 g/mol. The zero-order chi connectivity index (χ0) is 13.8. The SMILES string of the molecule is C[C@@H](SCCC(=O)OC(C)(C)C)c1nnnn1C. The summed E-state index contributed by atoms with van der Waals surface area (Å²) in [5.74, 6) is 1.34. The van der Waals surface area contributed by atoms with E-state index in [2.05, 4.69) is 15.5 Å². The van der Waals surface area contributed by atoms with Crippen molar-refractivity contribution in [3.63, 3.8) is 0 Å². The number of aromatic nitrogens is 4. The molecule has 1 heterocycles. The maximum absolute atomic E-state index is 11.5. The van der Waals surface area contributed by atoms with Crippen LogP contribution in [0, 0.1) is 0 Å².